The smallest absolute Gasteiger partial charge is 0.253 e. The van der Waals surface area contributed by atoms with Gasteiger partial charge in [-0.25, -0.2) is 4.98 Å². The highest BCUT2D eigenvalue weighted by molar-refractivity contribution is 7.14. The second-order valence-electron chi connectivity index (χ2n) is 10.6. The maximum Gasteiger partial charge on any atom is 0.253 e. The topological polar surface area (TPSA) is 85.3 Å². The van der Waals surface area contributed by atoms with Gasteiger partial charge in [0.25, 0.3) is 5.91 Å². The molecule has 4 rings (SSSR count). The van der Waals surface area contributed by atoms with Crippen molar-refractivity contribution in [1.29, 1.82) is 0 Å². The van der Waals surface area contributed by atoms with Crippen molar-refractivity contribution in [2.24, 2.45) is 5.92 Å². The normalized spacial score (nSPS) is 14.5. The molecule has 39 heavy (non-hydrogen) atoms. The van der Waals surface area contributed by atoms with E-state index >= 15 is 0 Å². The lowest BCUT2D eigenvalue weighted by Gasteiger charge is -2.43. The van der Waals surface area contributed by atoms with Gasteiger partial charge in [0.05, 0.1) is 36.6 Å². The minimum Gasteiger partial charge on any atom is -0.376 e. The van der Waals surface area contributed by atoms with Crippen molar-refractivity contribution < 1.29 is 14.3 Å². The molecule has 2 N–H and O–H groups in total. The quantitative estimate of drug-likeness (QED) is 0.252. The summed E-state index contributed by atoms with van der Waals surface area (Å²) in [6.07, 6.45) is 11.3. The molecule has 0 aliphatic carbocycles. The number of carbonyl (C=O) groups is 2. The molecule has 212 valence electrons. The van der Waals surface area contributed by atoms with E-state index in [1.165, 1.54) is 37.0 Å². The lowest BCUT2D eigenvalue weighted by Crippen LogP contribution is -2.51. The van der Waals surface area contributed by atoms with Crippen LogP contribution in [0.1, 0.15) is 82.1 Å². The molecule has 7 nitrogen and oxygen atoms in total. The third kappa shape index (κ3) is 8.77. The predicted molar refractivity (Wildman–Crippen MR) is 160 cm³/mol. The SMILES string of the molecule is CCCC1(n2ccc(C(=O)NCC(=O)Nc3nc(-c4cccc(C)c4)cs3)c2)COC1.CCCCC(C)CC. The first-order valence-electron chi connectivity index (χ1n) is 14.2. The van der Waals surface area contributed by atoms with Gasteiger partial charge in [0.1, 0.15) is 0 Å². The molecule has 3 aromatic rings. The molecule has 8 heteroatoms. The van der Waals surface area contributed by atoms with E-state index in [-0.39, 0.29) is 23.9 Å². The summed E-state index contributed by atoms with van der Waals surface area (Å²) in [5.74, 6) is 0.364. The molecular weight excluding hydrogens is 508 g/mol. The zero-order chi connectivity index (χ0) is 28.3. The highest BCUT2D eigenvalue weighted by Crippen LogP contribution is 2.32. The third-order valence-electron chi connectivity index (χ3n) is 7.18. The van der Waals surface area contributed by atoms with Gasteiger partial charge in [-0.3, -0.25) is 9.59 Å². The van der Waals surface area contributed by atoms with E-state index in [0.29, 0.717) is 23.9 Å². The summed E-state index contributed by atoms with van der Waals surface area (Å²) in [5, 5.41) is 7.84. The van der Waals surface area contributed by atoms with Gasteiger partial charge in [0, 0.05) is 23.3 Å². The van der Waals surface area contributed by atoms with Gasteiger partial charge in [-0.2, -0.15) is 0 Å². The average molecular weight is 553 g/mol. The van der Waals surface area contributed by atoms with Crippen LogP contribution in [0, 0.1) is 12.8 Å². The number of thiazole rings is 1. The Bertz CT molecular complexity index is 1200. The first-order valence-corrected chi connectivity index (χ1v) is 15.0. The van der Waals surface area contributed by atoms with E-state index < -0.39 is 0 Å². The van der Waals surface area contributed by atoms with Crippen LogP contribution in [0.5, 0.6) is 0 Å². The number of ether oxygens (including phenoxy) is 1. The molecule has 1 aliphatic rings. The monoisotopic (exact) mass is 552 g/mol. The Kier molecular flexibility index (Phi) is 11.7. The molecule has 1 unspecified atom stereocenters. The van der Waals surface area contributed by atoms with Gasteiger partial charge in [-0.15, -0.1) is 11.3 Å². The van der Waals surface area contributed by atoms with Crippen LogP contribution in [0.15, 0.2) is 48.1 Å². The van der Waals surface area contributed by atoms with Gasteiger partial charge in [0.2, 0.25) is 5.91 Å². The van der Waals surface area contributed by atoms with Gasteiger partial charge < -0.3 is 19.9 Å². The minimum atomic E-state index is -0.312. The number of aryl methyl sites for hydroxylation is 1. The van der Waals surface area contributed by atoms with Crippen LogP contribution in [-0.2, 0) is 15.1 Å². The highest BCUT2D eigenvalue weighted by atomic mass is 32.1. The lowest BCUT2D eigenvalue weighted by atomic mass is 9.91. The van der Waals surface area contributed by atoms with Gasteiger partial charge >= 0.3 is 0 Å². The fraction of sp³-hybridized carbons (Fsp3) is 0.516. The summed E-state index contributed by atoms with van der Waals surface area (Å²) >= 11 is 1.36. The Hall–Kier alpha value is -2.97. The number of anilines is 1. The second kappa shape index (κ2) is 15.0. The van der Waals surface area contributed by atoms with E-state index in [0.717, 1.165) is 35.6 Å². The van der Waals surface area contributed by atoms with Crippen molar-refractivity contribution in [3.8, 4) is 11.3 Å². The molecule has 1 aliphatic heterocycles. The Morgan fingerprint density at radius 1 is 1.18 bits per heavy atom. The van der Waals surface area contributed by atoms with E-state index in [1.807, 2.05) is 49.0 Å². The van der Waals surface area contributed by atoms with Crippen LogP contribution in [0.2, 0.25) is 0 Å². The summed E-state index contributed by atoms with van der Waals surface area (Å²) in [6.45, 7) is 12.2. The van der Waals surface area contributed by atoms with E-state index in [4.69, 9.17) is 4.74 Å². The number of nitrogens with zero attached hydrogens (tertiary/aromatic N) is 2. The molecule has 0 bridgehead atoms. The second-order valence-corrected chi connectivity index (χ2v) is 11.4. The average Bonchev–Trinajstić information content (AvgIpc) is 3.59. The number of carbonyl (C=O) groups excluding carboxylic acids is 2. The summed E-state index contributed by atoms with van der Waals surface area (Å²) in [5.41, 5.74) is 3.46. The predicted octanol–water partition coefficient (Wildman–Crippen LogP) is 7.04. The van der Waals surface area contributed by atoms with E-state index in [2.05, 4.69) is 47.9 Å². The first kappa shape index (κ1) is 30.6. The van der Waals surface area contributed by atoms with Gasteiger partial charge in [0.15, 0.2) is 5.13 Å². The Labute approximate surface area is 237 Å². The molecule has 1 saturated heterocycles. The highest BCUT2D eigenvalue weighted by Gasteiger charge is 2.39. The molecule has 0 spiro atoms. The number of amides is 2. The van der Waals surface area contributed by atoms with Crippen LogP contribution in [-0.4, -0.2) is 41.1 Å². The molecule has 1 aromatic carbocycles. The van der Waals surface area contributed by atoms with Crippen LogP contribution in [0.4, 0.5) is 5.13 Å². The maximum absolute atomic E-state index is 12.5. The fourth-order valence-electron chi connectivity index (χ4n) is 4.50. The standard InChI is InChI=1S/C23H26N4O3S.C8H18/c1-3-8-23(14-30-15-23)27-9-7-18(12-27)21(29)24-11-20(28)26-22-25-19(13-31-22)17-6-4-5-16(2)10-17;1-4-6-7-8(3)5-2/h4-7,9-10,12-13H,3,8,11,14-15H2,1-2H3,(H,24,29)(H,25,26,28);8H,4-7H2,1-3H3. The van der Waals surface area contributed by atoms with Crippen LogP contribution < -0.4 is 10.6 Å². The molecule has 1 atom stereocenters. The van der Waals surface area contributed by atoms with Crippen LogP contribution in [0.3, 0.4) is 0 Å². The summed E-state index contributed by atoms with van der Waals surface area (Å²) < 4.78 is 7.47. The third-order valence-corrected chi connectivity index (χ3v) is 7.94. The van der Waals surface area contributed by atoms with E-state index in [9.17, 15) is 9.59 Å². The van der Waals surface area contributed by atoms with Crippen molar-refractivity contribution in [3.05, 3.63) is 59.2 Å². The number of aromatic nitrogens is 2. The number of rotatable bonds is 12. The van der Waals surface area contributed by atoms with Crippen LogP contribution >= 0.6 is 11.3 Å². The van der Waals surface area contributed by atoms with Gasteiger partial charge in [-0.1, -0.05) is 83.6 Å². The maximum atomic E-state index is 12.5. The summed E-state index contributed by atoms with van der Waals surface area (Å²) in [7, 11) is 0. The Balaban J connectivity index is 0.000000459. The Morgan fingerprint density at radius 2 is 1.97 bits per heavy atom. The number of unbranched alkanes of at least 4 members (excludes halogenated alkanes) is 1. The van der Waals surface area contributed by atoms with Crippen molar-refractivity contribution in [2.45, 2.75) is 78.7 Å². The number of hydrogen-bond acceptors (Lipinski definition) is 5. The molecule has 1 fully saturated rings. The van der Waals surface area contributed by atoms with Crippen LogP contribution in [0.25, 0.3) is 11.3 Å². The van der Waals surface area contributed by atoms with E-state index in [1.54, 1.807) is 6.07 Å². The molecule has 0 saturated carbocycles. The summed E-state index contributed by atoms with van der Waals surface area (Å²) in [6, 6.07) is 9.82. The van der Waals surface area contributed by atoms with Crippen molar-refractivity contribution in [3.63, 3.8) is 0 Å². The molecule has 2 amide bonds. The van der Waals surface area contributed by atoms with Crippen molar-refractivity contribution in [2.75, 3.05) is 25.1 Å². The van der Waals surface area contributed by atoms with Crippen molar-refractivity contribution >= 4 is 28.3 Å². The largest absolute Gasteiger partial charge is 0.376 e. The number of nitrogens with one attached hydrogen (secondary N) is 2. The van der Waals surface area contributed by atoms with Gasteiger partial charge in [-0.05, 0) is 31.4 Å². The molecular formula is C31H44N4O3S. The zero-order valence-corrected chi connectivity index (χ0v) is 24.9. The summed E-state index contributed by atoms with van der Waals surface area (Å²) in [4.78, 5) is 29.2. The fourth-order valence-corrected chi connectivity index (χ4v) is 5.24. The van der Waals surface area contributed by atoms with Crippen molar-refractivity contribution in [1.82, 2.24) is 14.9 Å². The number of benzene rings is 1. The molecule has 2 aromatic heterocycles. The molecule has 3 heterocycles. The number of hydrogen-bond donors (Lipinski definition) is 2. The first-order chi connectivity index (χ1) is 18.8. The minimum absolute atomic E-state index is 0.0511. The zero-order valence-electron chi connectivity index (χ0n) is 24.1. The Morgan fingerprint density at radius 3 is 2.62 bits per heavy atom. The molecule has 0 radical (unpaired) electrons. The lowest BCUT2D eigenvalue weighted by molar-refractivity contribution is -0.115.